The van der Waals surface area contributed by atoms with Gasteiger partial charge in [0, 0.05) is 0 Å². The Morgan fingerprint density at radius 1 is 0.737 bits per heavy atom. The van der Waals surface area contributed by atoms with E-state index in [4.69, 9.17) is 10.2 Å². The van der Waals surface area contributed by atoms with E-state index in [1.165, 1.54) is 5.57 Å². The summed E-state index contributed by atoms with van der Waals surface area (Å²) in [7, 11) is 0. The van der Waals surface area contributed by atoms with E-state index in [0.29, 0.717) is 11.5 Å². The average molecular weight is 258 g/mol. The van der Waals surface area contributed by atoms with Crippen LogP contribution in [0.5, 0.6) is 11.5 Å². The highest BCUT2D eigenvalue weighted by Crippen LogP contribution is 2.03. The van der Waals surface area contributed by atoms with Crippen LogP contribution in [0.15, 0.2) is 72.3 Å². The quantitative estimate of drug-likeness (QED) is 0.669. The molecule has 0 fully saturated rings. The maximum Gasteiger partial charge on any atom is 0.115 e. The predicted molar refractivity (Wildman–Crippen MR) is 81.3 cm³/mol. The van der Waals surface area contributed by atoms with Crippen molar-refractivity contribution in [3.05, 3.63) is 72.3 Å². The number of rotatable bonds is 0. The molecule has 0 amide bonds. The number of allylic oxidation sites excluding steroid dienone is 2. The molecule has 2 rings (SSSR count). The van der Waals surface area contributed by atoms with E-state index in [9.17, 15) is 0 Å². The van der Waals surface area contributed by atoms with E-state index in [-0.39, 0.29) is 0 Å². The summed E-state index contributed by atoms with van der Waals surface area (Å²) in [5.41, 5.74) is 1.38. The molecule has 2 N–H and O–H groups in total. The molecule has 0 aliphatic carbocycles. The van der Waals surface area contributed by atoms with E-state index in [2.05, 4.69) is 19.9 Å². The molecule has 102 valence electrons. The SMILES string of the molecule is CC=C(C)C.Oc1ccccc1.Oc1ccccc1. The van der Waals surface area contributed by atoms with E-state index in [1.807, 2.05) is 19.1 Å². The Balaban J connectivity index is 0.000000261. The minimum absolute atomic E-state index is 0.322. The first kappa shape index (κ1) is 16.8. The normalized spacial score (nSPS) is 8.16. The van der Waals surface area contributed by atoms with Gasteiger partial charge in [0.05, 0.1) is 0 Å². The lowest BCUT2D eigenvalue weighted by Gasteiger charge is -1.82. The number of hydrogen-bond donors (Lipinski definition) is 2. The average Bonchev–Trinajstić information content (AvgIpc) is 2.42. The molecule has 2 heteroatoms. The van der Waals surface area contributed by atoms with Crippen molar-refractivity contribution in [2.45, 2.75) is 20.8 Å². The Kier molecular flexibility index (Phi) is 9.63. The van der Waals surface area contributed by atoms with E-state index >= 15 is 0 Å². The molecule has 0 saturated heterocycles. The van der Waals surface area contributed by atoms with Gasteiger partial charge in [0.15, 0.2) is 0 Å². The lowest BCUT2D eigenvalue weighted by atomic mass is 10.3. The molecule has 2 aromatic carbocycles. The fraction of sp³-hybridized carbons (Fsp3) is 0.176. The molecule has 0 spiro atoms. The van der Waals surface area contributed by atoms with Gasteiger partial charge in [0.25, 0.3) is 0 Å². The summed E-state index contributed by atoms with van der Waals surface area (Å²) in [6.07, 6.45) is 2.08. The Morgan fingerprint density at radius 2 is 1.00 bits per heavy atom. The third-order valence-corrected chi connectivity index (χ3v) is 2.09. The first-order valence-corrected chi connectivity index (χ1v) is 6.13. The molecule has 2 nitrogen and oxygen atoms in total. The van der Waals surface area contributed by atoms with Crippen LogP contribution in [0, 0.1) is 0 Å². The summed E-state index contributed by atoms with van der Waals surface area (Å²) in [5, 5.41) is 17.3. The lowest BCUT2D eigenvalue weighted by Crippen LogP contribution is -1.56. The monoisotopic (exact) mass is 258 g/mol. The fourth-order valence-electron chi connectivity index (χ4n) is 0.856. The Hall–Kier alpha value is -2.22. The predicted octanol–water partition coefficient (Wildman–Crippen LogP) is 4.76. The van der Waals surface area contributed by atoms with Crippen LogP contribution in [0.3, 0.4) is 0 Å². The lowest BCUT2D eigenvalue weighted by molar-refractivity contribution is 0.475. The van der Waals surface area contributed by atoms with Crippen molar-refractivity contribution >= 4 is 0 Å². The van der Waals surface area contributed by atoms with Crippen LogP contribution in [0.25, 0.3) is 0 Å². The molecule has 0 aromatic heterocycles. The second-order valence-corrected chi connectivity index (χ2v) is 4.04. The first-order valence-electron chi connectivity index (χ1n) is 6.13. The zero-order valence-corrected chi connectivity index (χ0v) is 11.7. The highest BCUT2D eigenvalue weighted by Gasteiger charge is 1.75. The highest BCUT2D eigenvalue weighted by molar-refractivity contribution is 5.19. The van der Waals surface area contributed by atoms with Crippen molar-refractivity contribution in [2.24, 2.45) is 0 Å². The summed E-state index contributed by atoms with van der Waals surface area (Å²) in [5.74, 6) is 0.644. The van der Waals surface area contributed by atoms with Crippen LogP contribution in [-0.4, -0.2) is 10.2 Å². The third kappa shape index (κ3) is 12.0. The van der Waals surface area contributed by atoms with Crippen molar-refractivity contribution in [1.82, 2.24) is 0 Å². The van der Waals surface area contributed by atoms with Crippen LogP contribution < -0.4 is 0 Å². The molecule has 0 radical (unpaired) electrons. The van der Waals surface area contributed by atoms with Crippen LogP contribution in [-0.2, 0) is 0 Å². The van der Waals surface area contributed by atoms with Gasteiger partial charge < -0.3 is 10.2 Å². The smallest absolute Gasteiger partial charge is 0.115 e. The first-order chi connectivity index (χ1) is 9.06. The maximum atomic E-state index is 8.63. The minimum Gasteiger partial charge on any atom is -0.508 e. The minimum atomic E-state index is 0.322. The Labute approximate surface area is 115 Å². The second kappa shape index (κ2) is 10.9. The zero-order chi connectivity index (χ0) is 14.5. The molecule has 0 heterocycles. The van der Waals surface area contributed by atoms with Gasteiger partial charge in [-0.3, -0.25) is 0 Å². The molecular formula is C17H22O2. The van der Waals surface area contributed by atoms with Gasteiger partial charge in [-0.1, -0.05) is 48.0 Å². The molecule has 0 aliphatic heterocycles. The summed E-state index contributed by atoms with van der Waals surface area (Å²) >= 11 is 0. The molecule has 0 unspecified atom stereocenters. The van der Waals surface area contributed by atoms with Gasteiger partial charge in [-0.05, 0) is 45.0 Å². The Bertz CT molecular complexity index is 406. The highest BCUT2D eigenvalue weighted by atomic mass is 16.3. The maximum absolute atomic E-state index is 8.63. The number of phenols is 2. The van der Waals surface area contributed by atoms with Gasteiger partial charge in [0.1, 0.15) is 11.5 Å². The zero-order valence-electron chi connectivity index (χ0n) is 11.7. The number of phenolic OH excluding ortho intramolecular Hbond substituents is 2. The largest absolute Gasteiger partial charge is 0.508 e. The fourth-order valence-corrected chi connectivity index (χ4v) is 0.856. The number of benzene rings is 2. The molecular weight excluding hydrogens is 236 g/mol. The number of aromatic hydroxyl groups is 2. The molecule has 0 atom stereocenters. The van der Waals surface area contributed by atoms with Crippen molar-refractivity contribution < 1.29 is 10.2 Å². The molecule has 0 aliphatic rings. The summed E-state index contributed by atoms with van der Waals surface area (Å²) in [6, 6.07) is 17.4. The second-order valence-electron chi connectivity index (χ2n) is 4.04. The summed E-state index contributed by atoms with van der Waals surface area (Å²) in [6.45, 7) is 6.20. The van der Waals surface area contributed by atoms with Crippen LogP contribution in [0.1, 0.15) is 20.8 Å². The number of para-hydroxylation sites is 2. The van der Waals surface area contributed by atoms with Crippen LogP contribution >= 0.6 is 0 Å². The topological polar surface area (TPSA) is 40.5 Å². The van der Waals surface area contributed by atoms with Crippen LogP contribution in [0.2, 0.25) is 0 Å². The summed E-state index contributed by atoms with van der Waals surface area (Å²) in [4.78, 5) is 0. The van der Waals surface area contributed by atoms with E-state index in [1.54, 1.807) is 48.5 Å². The van der Waals surface area contributed by atoms with Gasteiger partial charge in [-0.2, -0.15) is 0 Å². The van der Waals surface area contributed by atoms with Gasteiger partial charge in [0.2, 0.25) is 0 Å². The van der Waals surface area contributed by atoms with Crippen molar-refractivity contribution in [1.29, 1.82) is 0 Å². The van der Waals surface area contributed by atoms with E-state index < -0.39 is 0 Å². The van der Waals surface area contributed by atoms with Gasteiger partial charge >= 0.3 is 0 Å². The standard InChI is InChI=1S/2C6H6O.C5H10/c2*7-6-4-2-1-3-5-6;1-4-5(2)3/h2*1-5,7H;4H,1-3H3. The number of hydrogen-bond acceptors (Lipinski definition) is 2. The van der Waals surface area contributed by atoms with Crippen molar-refractivity contribution in [3.63, 3.8) is 0 Å². The van der Waals surface area contributed by atoms with Gasteiger partial charge in [-0.15, -0.1) is 0 Å². The molecule has 0 bridgehead atoms. The third-order valence-electron chi connectivity index (χ3n) is 2.09. The molecule has 19 heavy (non-hydrogen) atoms. The summed E-state index contributed by atoms with van der Waals surface area (Å²) < 4.78 is 0. The van der Waals surface area contributed by atoms with Crippen LogP contribution in [0.4, 0.5) is 0 Å². The Morgan fingerprint density at radius 3 is 1.11 bits per heavy atom. The molecule has 2 aromatic rings. The molecule has 0 saturated carbocycles. The van der Waals surface area contributed by atoms with Crippen molar-refractivity contribution in [3.8, 4) is 11.5 Å². The van der Waals surface area contributed by atoms with Gasteiger partial charge in [-0.25, -0.2) is 0 Å². The van der Waals surface area contributed by atoms with Crippen molar-refractivity contribution in [2.75, 3.05) is 0 Å². The van der Waals surface area contributed by atoms with E-state index in [0.717, 1.165) is 0 Å².